The van der Waals surface area contributed by atoms with Gasteiger partial charge in [-0.1, -0.05) is 279 Å². The molecule has 16 heteroatoms. The molecule has 14 nitrogen and oxygen atoms in total. The van der Waals surface area contributed by atoms with Gasteiger partial charge in [0.25, 0.3) is 0 Å². The Hall–Kier alpha value is -19.4. The lowest BCUT2D eigenvalue weighted by Crippen LogP contribution is -2.05. The van der Waals surface area contributed by atoms with Crippen LogP contribution >= 0.6 is 22.7 Å². The summed E-state index contributed by atoms with van der Waals surface area (Å²) in [5.74, 6) is 2.89. The van der Waals surface area contributed by atoms with E-state index in [1.165, 1.54) is 45.7 Å². The van der Waals surface area contributed by atoms with Crippen LogP contribution in [0.1, 0.15) is 11.1 Å². The number of fused-ring (bicyclic) bond motifs is 28. The molecular weight excluding hydrogens is 1800 g/mol. The summed E-state index contributed by atoms with van der Waals surface area (Å²) < 4.78 is 28.8. The van der Waals surface area contributed by atoms with Crippen molar-refractivity contribution in [3.05, 3.63) is 436 Å². The fourth-order valence-electron chi connectivity index (χ4n) is 22.7. The largest absolute Gasteiger partial charge is 0.455 e. The van der Waals surface area contributed by atoms with Crippen LogP contribution in [0, 0.1) is 22.7 Å². The lowest BCUT2D eigenvalue weighted by atomic mass is 9.94. The van der Waals surface area contributed by atoms with Crippen molar-refractivity contribution in [2.45, 2.75) is 0 Å². The summed E-state index contributed by atoms with van der Waals surface area (Å²) in [6.07, 6.45) is 0. The van der Waals surface area contributed by atoms with Crippen LogP contribution in [0.15, 0.2) is 433 Å². The van der Waals surface area contributed by atoms with Gasteiger partial charge < -0.3 is 27.1 Å². The van der Waals surface area contributed by atoms with Crippen LogP contribution in [0.2, 0.25) is 0 Å². The van der Waals surface area contributed by atoms with E-state index in [4.69, 9.17) is 38.7 Å². The Morgan fingerprint density at radius 1 is 0.208 bits per heavy atom. The second-order valence-corrected chi connectivity index (χ2v) is 38.8. The molecule has 0 aliphatic rings. The van der Waals surface area contributed by atoms with Crippen molar-refractivity contribution in [3.63, 3.8) is 0 Å². The Bertz CT molecular complexity index is 10800. The molecule has 30 aromatic rings. The maximum atomic E-state index is 12.0. The highest BCUT2D eigenvalue weighted by molar-refractivity contribution is 7.27. The Labute approximate surface area is 827 Å². The van der Waals surface area contributed by atoms with Crippen LogP contribution in [-0.4, -0.2) is 48.2 Å². The van der Waals surface area contributed by atoms with E-state index in [9.17, 15) is 10.5 Å². The molecule has 10 heterocycles. The lowest BCUT2D eigenvalue weighted by Gasteiger charge is -2.20. The molecule has 0 N–H and O–H groups in total. The highest BCUT2D eigenvalue weighted by Crippen LogP contribution is 2.53. The van der Waals surface area contributed by atoms with Crippen LogP contribution in [0.25, 0.3) is 296 Å². The van der Waals surface area contributed by atoms with Gasteiger partial charge in [0.15, 0.2) is 34.9 Å². The van der Waals surface area contributed by atoms with Crippen LogP contribution in [0.4, 0.5) is 0 Å². The SMILES string of the molecule is N#Cc1cccc(-n2c3ccccc3c3c4oc5ccccc5c4ccc32)c1-c1cc(-c2nc(-c3ccccc3)nc(-c3ccccc3)n2)ccc1-n1c2ccccc2c2c3oc4c(-c5cccc(-c6nc(-c7ccccc7)nc(-c7ccc(-n8c9ccccc9c9c%10sc%11ccccc%11c%10ccc98)c(-c8c(C#N)cccc8-n8c9ccccc9c9c%10sc%11ccccc%11c%10ccc98)c7)n6)c5)cccc4c3ccc21. The second-order valence-electron chi connectivity index (χ2n) is 36.7. The second kappa shape index (κ2) is 31.6. The monoisotopic (exact) mass is 1870 g/mol. The van der Waals surface area contributed by atoms with E-state index in [2.05, 4.69) is 328 Å². The van der Waals surface area contributed by atoms with Gasteiger partial charge in [-0.15, -0.1) is 22.7 Å². The van der Waals surface area contributed by atoms with E-state index in [0.717, 1.165) is 193 Å². The van der Waals surface area contributed by atoms with Crippen molar-refractivity contribution in [2.24, 2.45) is 0 Å². The molecule has 0 saturated heterocycles. The number of hydrogen-bond acceptors (Lipinski definition) is 12. The van der Waals surface area contributed by atoms with Gasteiger partial charge in [-0.05, 0) is 151 Å². The molecule has 144 heavy (non-hydrogen) atoms. The van der Waals surface area contributed by atoms with Gasteiger partial charge in [-0.2, -0.15) is 10.5 Å². The minimum absolute atomic E-state index is 0.442. The number of benzene rings is 20. The first-order valence-corrected chi connectivity index (χ1v) is 49.5. The van der Waals surface area contributed by atoms with E-state index < -0.39 is 0 Å². The molecule has 0 unspecified atom stereocenters. The highest BCUT2D eigenvalue weighted by atomic mass is 32.1. The summed E-state index contributed by atoms with van der Waals surface area (Å²) in [5, 5.41) is 41.1. The van der Waals surface area contributed by atoms with E-state index in [1.54, 1.807) is 0 Å². The first kappa shape index (κ1) is 80.7. The number of nitrogens with zero attached hydrogens (tertiary/aromatic N) is 12. The maximum absolute atomic E-state index is 12.0. The minimum Gasteiger partial charge on any atom is -0.455 e. The van der Waals surface area contributed by atoms with E-state index in [0.29, 0.717) is 68.4 Å². The number of aromatic nitrogens is 10. The molecule has 0 bridgehead atoms. The first-order valence-electron chi connectivity index (χ1n) is 47.9. The first-order chi connectivity index (χ1) is 71.3. The van der Waals surface area contributed by atoms with Gasteiger partial charge in [0.2, 0.25) is 0 Å². The lowest BCUT2D eigenvalue weighted by molar-refractivity contribution is 0.673. The quantitative estimate of drug-likeness (QED) is 0.108. The number of thiophene rings is 2. The maximum Gasteiger partial charge on any atom is 0.164 e. The molecule has 30 rings (SSSR count). The summed E-state index contributed by atoms with van der Waals surface area (Å²) in [6.45, 7) is 0. The summed E-state index contributed by atoms with van der Waals surface area (Å²) >= 11 is 3.65. The molecule has 0 radical (unpaired) electrons. The van der Waals surface area contributed by atoms with E-state index in [1.807, 2.05) is 150 Å². The fraction of sp³-hybridized carbons (Fsp3) is 0. The average Bonchev–Trinajstić information content (AvgIpc) is 1.55. The van der Waals surface area contributed by atoms with E-state index >= 15 is 0 Å². The van der Waals surface area contributed by atoms with Crippen molar-refractivity contribution in [3.8, 4) is 137 Å². The Balaban J connectivity index is 0.603. The Morgan fingerprint density at radius 2 is 0.535 bits per heavy atom. The van der Waals surface area contributed by atoms with Crippen molar-refractivity contribution in [2.75, 3.05) is 0 Å². The van der Waals surface area contributed by atoms with Crippen LogP contribution in [0.3, 0.4) is 0 Å². The molecule has 0 spiro atoms. The molecule has 0 aliphatic heterocycles. The molecule has 0 aliphatic carbocycles. The Morgan fingerprint density at radius 3 is 0.993 bits per heavy atom. The van der Waals surface area contributed by atoms with Crippen LogP contribution in [0.5, 0.6) is 0 Å². The summed E-state index contributed by atoms with van der Waals surface area (Å²) in [6, 6.07) is 154. The Kier molecular flexibility index (Phi) is 17.7. The molecule has 0 atom stereocenters. The summed E-state index contributed by atoms with van der Waals surface area (Å²) in [5.41, 5.74) is 24.5. The number of rotatable bonds is 13. The van der Waals surface area contributed by atoms with Gasteiger partial charge in [0.05, 0.1) is 101 Å². The van der Waals surface area contributed by atoms with E-state index in [-0.39, 0.29) is 0 Å². The fourth-order valence-corrected chi connectivity index (χ4v) is 25.3. The van der Waals surface area contributed by atoms with Crippen molar-refractivity contribution < 1.29 is 8.83 Å². The normalized spacial score (nSPS) is 12.0. The zero-order chi connectivity index (χ0) is 94.6. The van der Waals surface area contributed by atoms with Gasteiger partial charge >= 0.3 is 0 Å². The standard InChI is InChI=1S/C128H70N12O2S2/c129-71-80-36-25-51-103(139-98-48-18-11-42-92(98)114-106(139)64-58-87-83-38-14-21-53-109(83)141-119(87)114)112(80)95-69-78(127-133-123(73-28-4-1-5-29-73)131-124(134-127)74-30-6-2-7-31-74)56-62-101(95)137-97-47-17-10-41-91(97)115-105(137)65-59-88-86-46-27-45-82(118(86)142-120(88)115)76-34-24-35-77(68-76)126-132-125(75-32-8-3-9-33-75)135-128(136-126)79-57-63-102(138-99-49-19-12-43-93(99)116-107(138)66-60-89-84-39-15-22-54-110(84)143-121(89)116)96(70-79)113-81(72-130)37-26-52-104(113)140-100-50-20-13-44-94(100)117-108(140)67-61-90-85-40-16-23-55-111(85)144-122(90)117/h1-70H. The molecule has 0 saturated carbocycles. The van der Waals surface area contributed by atoms with Crippen LogP contribution in [-0.2, 0) is 0 Å². The third-order valence-corrected chi connectivity index (χ3v) is 31.4. The molecule has 20 aromatic carbocycles. The summed E-state index contributed by atoms with van der Waals surface area (Å²) in [7, 11) is 0. The van der Waals surface area contributed by atoms with Crippen molar-refractivity contribution >= 4 is 194 Å². The van der Waals surface area contributed by atoms with Crippen molar-refractivity contribution in [1.29, 1.82) is 10.5 Å². The topological polar surface area (TPSA) is 171 Å². The smallest absolute Gasteiger partial charge is 0.164 e. The predicted molar refractivity (Wildman–Crippen MR) is 589 cm³/mol. The molecule has 666 valence electrons. The zero-order valence-electron chi connectivity index (χ0n) is 76.4. The summed E-state index contributed by atoms with van der Waals surface area (Å²) in [4.78, 5) is 32.4. The van der Waals surface area contributed by atoms with Gasteiger partial charge in [0.1, 0.15) is 22.3 Å². The van der Waals surface area contributed by atoms with Gasteiger partial charge in [-0.3, -0.25) is 0 Å². The van der Waals surface area contributed by atoms with Crippen LogP contribution < -0.4 is 0 Å². The predicted octanol–water partition coefficient (Wildman–Crippen LogP) is 33.7. The number of hydrogen-bond donors (Lipinski definition) is 0. The average molecular weight is 1870 g/mol. The zero-order valence-corrected chi connectivity index (χ0v) is 78.0. The molecule has 0 amide bonds. The van der Waals surface area contributed by atoms with Gasteiger partial charge in [-0.25, -0.2) is 29.9 Å². The van der Waals surface area contributed by atoms with Gasteiger partial charge in [0, 0.05) is 155 Å². The highest BCUT2D eigenvalue weighted by Gasteiger charge is 2.32. The third kappa shape index (κ3) is 12.1. The molecular formula is C128H70N12O2S2. The third-order valence-electron chi connectivity index (χ3n) is 29.0. The minimum atomic E-state index is 0.442. The number of furan rings is 2. The molecule has 0 fully saturated rings. The number of nitriles is 2. The van der Waals surface area contributed by atoms with Crippen molar-refractivity contribution in [1.82, 2.24) is 48.2 Å². The molecule has 10 aromatic heterocycles. The number of para-hydroxylation sites is 6.